The van der Waals surface area contributed by atoms with E-state index in [1.807, 2.05) is 0 Å². The van der Waals surface area contributed by atoms with E-state index in [0.717, 1.165) is 16.4 Å². The molecule has 2 fully saturated rings. The summed E-state index contributed by atoms with van der Waals surface area (Å²) in [5.41, 5.74) is -1.25. The highest BCUT2D eigenvalue weighted by molar-refractivity contribution is 7.84. The SMILES string of the molecule is C.COC(=O)C1(N2CC(c3cc(F)cc(F)c3)OS2(=O)=O)CCCC1. The average molecular weight is 377 g/mol. The maximum absolute atomic E-state index is 13.4. The summed E-state index contributed by atoms with van der Waals surface area (Å²) in [6.07, 6.45) is 0.932. The zero-order valence-electron chi connectivity index (χ0n) is 13.0. The van der Waals surface area contributed by atoms with Crippen molar-refractivity contribution in [2.45, 2.75) is 44.8 Å². The van der Waals surface area contributed by atoms with Crippen LogP contribution in [-0.4, -0.2) is 37.9 Å². The van der Waals surface area contributed by atoms with Crippen LogP contribution in [0.15, 0.2) is 18.2 Å². The number of methoxy groups -OCH3 is 1. The summed E-state index contributed by atoms with van der Waals surface area (Å²) in [7, 11) is -3.02. The normalized spacial score (nSPS) is 24.7. The van der Waals surface area contributed by atoms with Crippen molar-refractivity contribution in [2.75, 3.05) is 13.7 Å². The summed E-state index contributed by atoms with van der Waals surface area (Å²) in [5.74, 6) is -2.29. The molecule has 0 radical (unpaired) electrons. The number of rotatable bonds is 3. The minimum atomic E-state index is -4.22. The van der Waals surface area contributed by atoms with Gasteiger partial charge in [-0.05, 0) is 30.5 Å². The van der Waals surface area contributed by atoms with Crippen molar-refractivity contribution in [3.05, 3.63) is 35.4 Å². The van der Waals surface area contributed by atoms with Crippen molar-refractivity contribution in [1.82, 2.24) is 4.31 Å². The molecule has 1 aliphatic carbocycles. The van der Waals surface area contributed by atoms with E-state index >= 15 is 0 Å². The number of halogens is 2. The van der Waals surface area contributed by atoms with Crippen LogP contribution in [0.4, 0.5) is 8.78 Å². The minimum absolute atomic E-state index is 0. The van der Waals surface area contributed by atoms with Gasteiger partial charge in [0.05, 0.1) is 7.11 Å². The van der Waals surface area contributed by atoms with Crippen molar-refractivity contribution >= 4 is 16.3 Å². The van der Waals surface area contributed by atoms with E-state index < -0.39 is 39.6 Å². The summed E-state index contributed by atoms with van der Waals surface area (Å²) in [6, 6.07) is 2.73. The number of carbonyl (C=O) groups is 1. The molecule has 1 aromatic rings. The van der Waals surface area contributed by atoms with Gasteiger partial charge >= 0.3 is 16.3 Å². The molecule has 0 bridgehead atoms. The largest absolute Gasteiger partial charge is 0.468 e. The van der Waals surface area contributed by atoms with E-state index in [0.29, 0.717) is 31.7 Å². The van der Waals surface area contributed by atoms with Crippen molar-refractivity contribution in [3.8, 4) is 0 Å². The summed E-state index contributed by atoms with van der Waals surface area (Å²) >= 11 is 0. The topological polar surface area (TPSA) is 72.9 Å². The Morgan fingerprint density at radius 1 is 1.24 bits per heavy atom. The Balaban J connectivity index is 0.00000225. The molecule has 0 amide bonds. The van der Waals surface area contributed by atoms with Crippen LogP contribution in [0.5, 0.6) is 0 Å². The first-order valence-electron chi connectivity index (χ1n) is 7.54. The van der Waals surface area contributed by atoms with Gasteiger partial charge in [-0.1, -0.05) is 20.3 Å². The smallest absolute Gasteiger partial charge is 0.340 e. The molecule has 3 rings (SSSR count). The van der Waals surface area contributed by atoms with Gasteiger partial charge in [0.15, 0.2) is 0 Å². The number of hydrogen-bond donors (Lipinski definition) is 0. The highest BCUT2D eigenvalue weighted by Crippen LogP contribution is 2.43. The van der Waals surface area contributed by atoms with E-state index in [1.165, 1.54) is 7.11 Å². The Morgan fingerprint density at radius 3 is 2.32 bits per heavy atom. The quantitative estimate of drug-likeness (QED) is 0.758. The lowest BCUT2D eigenvalue weighted by molar-refractivity contribution is -0.151. The third-order valence-electron chi connectivity index (χ3n) is 4.57. The van der Waals surface area contributed by atoms with Crippen LogP contribution >= 0.6 is 0 Å². The van der Waals surface area contributed by atoms with Crippen molar-refractivity contribution in [2.24, 2.45) is 0 Å². The molecule has 1 aromatic carbocycles. The molecule has 1 heterocycles. The first-order chi connectivity index (χ1) is 11.3. The molecule has 1 saturated heterocycles. The van der Waals surface area contributed by atoms with Crippen LogP contribution in [-0.2, 0) is 24.0 Å². The standard InChI is InChI=1S/C15H17F2NO5S.CH4/c1-22-14(19)15(4-2-3-5-15)18-9-13(23-24(18,20)21)10-6-11(16)8-12(17)7-10;/h6-8,13H,2-5,9H2,1H3;1H4. The minimum Gasteiger partial charge on any atom is -0.468 e. The molecule has 1 unspecified atom stereocenters. The van der Waals surface area contributed by atoms with Crippen molar-refractivity contribution in [1.29, 1.82) is 0 Å². The highest BCUT2D eigenvalue weighted by Gasteiger charge is 2.56. The van der Waals surface area contributed by atoms with Crippen LogP contribution in [0.1, 0.15) is 44.8 Å². The Bertz CT molecular complexity index is 742. The molecule has 0 spiro atoms. The third kappa shape index (κ3) is 3.40. The predicted molar refractivity (Wildman–Crippen MR) is 85.8 cm³/mol. The molecule has 1 aliphatic heterocycles. The highest BCUT2D eigenvalue weighted by atomic mass is 32.2. The van der Waals surface area contributed by atoms with Crippen molar-refractivity contribution < 1.29 is 30.9 Å². The van der Waals surface area contributed by atoms with Gasteiger partial charge in [-0.3, -0.25) is 4.79 Å². The third-order valence-corrected chi connectivity index (χ3v) is 6.08. The maximum Gasteiger partial charge on any atom is 0.340 e. The van der Waals surface area contributed by atoms with Crippen LogP contribution in [0.3, 0.4) is 0 Å². The molecule has 1 atom stereocenters. The van der Waals surface area contributed by atoms with Gasteiger partial charge in [0.25, 0.3) is 0 Å². The molecule has 2 aliphatic rings. The Kier molecular flexibility index (Phi) is 5.50. The molecular weight excluding hydrogens is 356 g/mol. The summed E-state index contributed by atoms with van der Waals surface area (Å²) in [6.45, 7) is -0.194. The first kappa shape index (κ1) is 19.7. The molecule has 0 N–H and O–H groups in total. The number of esters is 1. The molecule has 25 heavy (non-hydrogen) atoms. The van der Waals surface area contributed by atoms with E-state index in [-0.39, 0.29) is 19.5 Å². The van der Waals surface area contributed by atoms with Gasteiger partial charge in [-0.15, -0.1) is 0 Å². The fourth-order valence-corrected chi connectivity index (χ4v) is 5.06. The summed E-state index contributed by atoms with van der Waals surface area (Å²) in [5, 5.41) is 0. The lowest BCUT2D eigenvalue weighted by Gasteiger charge is -2.32. The fraction of sp³-hybridized carbons (Fsp3) is 0.562. The molecule has 140 valence electrons. The first-order valence-corrected chi connectivity index (χ1v) is 8.90. The van der Waals surface area contributed by atoms with E-state index in [1.54, 1.807) is 0 Å². The molecule has 0 aromatic heterocycles. The maximum atomic E-state index is 13.4. The fourth-order valence-electron chi connectivity index (χ4n) is 3.49. The zero-order valence-corrected chi connectivity index (χ0v) is 13.8. The summed E-state index contributed by atoms with van der Waals surface area (Å²) in [4.78, 5) is 12.3. The molecule has 1 saturated carbocycles. The van der Waals surface area contributed by atoms with E-state index in [9.17, 15) is 22.0 Å². The average Bonchev–Trinajstić information content (AvgIpc) is 3.10. The van der Waals surface area contributed by atoms with Gasteiger partial charge in [0.1, 0.15) is 23.3 Å². The molecule has 9 heteroatoms. The molecule has 6 nitrogen and oxygen atoms in total. The molecular formula is C16H21F2NO5S. The summed E-state index contributed by atoms with van der Waals surface area (Å²) < 4.78 is 62.5. The number of carbonyl (C=O) groups excluding carboxylic acids is 1. The second-order valence-corrected chi connectivity index (χ2v) is 7.50. The van der Waals surface area contributed by atoms with Crippen LogP contribution in [0.25, 0.3) is 0 Å². The second-order valence-electron chi connectivity index (χ2n) is 6.01. The number of benzene rings is 1. The van der Waals surface area contributed by atoms with E-state index in [4.69, 9.17) is 8.92 Å². The number of nitrogens with zero attached hydrogens (tertiary/aromatic N) is 1. The Labute approximate surface area is 146 Å². The number of ether oxygens (including phenoxy) is 1. The lowest BCUT2D eigenvalue weighted by Crippen LogP contribution is -2.53. The van der Waals surface area contributed by atoms with Gasteiger partial charge in [-0.2, -0.15) is 12.7 Å². The van der Waals surface area contributed by atoms with Crippen molar-refractivity contribution in [3.63, 3.8) is 0 Å². The van der Waals surface area contributed by atoms with E-state index in [2.05, 4.69) is 0 Å². The number of hydrogen-bond acceptors (Lipinski definition) is 5. The second kappa shape index (κ2) is 6.97. The zero-order chi connectivity index (χ0) is 17.5. The van der Waals surface area contributed by atoms with Crippen LogP contribution < -0.4 is 0 Å². The van der Waals surface area contributed by atoms with Gasteiger partial charge in [0.2, 0.25) is 0 Å². The Morgan fingerprint density at radius 2 is 1.80 bits per heavy atom. The monoisotopic (exact) mass is 377 g/mol. The lowest BCUT2D eigenvalue weighted by atomic mass is 9.96. The van der Waals surface area contributed by atoms with Gasteiger partial charge in [0, 0.05) is 12.6 Å². The van der Waals surface area contributed by atoms with Gasteiger partial charge < -0.3 is 4.74 Å². The van der Waals surface area contributed by atoms with Gasteiger partial charge in [-0.25, -0.2) is 13.0 Å². The van der Waals surface area contributed by atoms with Crippen LogP contribution in [0, 0.1) is 11.6 Å². The predicted octanol–water partition coefficient (Wildman–Crippen LogP) is 2.70. The Hall–Kier alpha value is -1.58. The van der Waals surface area contributed by atoms with Crippen LogP contribution in [0.2, 0.25) is 0 Å².